The average molecular weight is 288 g/mol. The van der Waals surface area contributed by atoms with Gasteiger partial charge in [0, 0.05) is 11.6 Å². The molecule has 1 amide bonds. The van der Waals surface area contributed by atoms with Gasteiger partial charge < -0.3 is 11.1 Å². The van der Waals surface area contributed by atoms with E-state index in [1.54, 1.807) is 6.07 Å². The molecule has 4 aliphatic carbocycles. The number of nitrogens with two attached hydrogens (primary N) is 1. The second-order valence-electron chi connectivity index (χ2n) is 8.57. The Morgan fingerprint density at radius 1 is 1.29 bits per heavy atom. The number of amides is 1. The molecule has 0 aromatic carbocycles. The van der Waals surface area contributed by atoms with Gasteiger partial charge >= 0.3 is 0 Å². The summed E-state index contributed by atoms with van der Waals surface area (Å²) in [6.45, 7) is 4.82. The third-order valence-electron chi connectivity index (χ3n) is 5.85. The number of aromatic nitrogens is 2. The van der Waals surface area contributed by atoms with Crippen LogP contribution < -0.4 is 11.1 Å². The second kappa shape index (κ2) is 3.81. The quantitative estimate of drug-likeness (QED) is 0.781. The van der Waals surface area contributed by atoms with Gasteiger partial charge in [0.1, 0.15) is 11.5 Å². The number of carbonyl (C=O) groups is 1. The second-order valence-corrected chi connectivity index (χ2v) is 8.57. The normalized spacial score (nSPS) is 44.0. The monoisotopic (exact) mass is 288 g/mol. The molecular weight excluding hydrogens is 264 g/mol. The van der Waals surface area contributed by atoms with E-state index in [1.807, 2.05) is 0 Å². The summed E-state index contributed by atoms with van der Waals surface area (Å²) in [7, 11) is 0. The molecule has 1 heterocycles. The lowest BCUT2D eigenvalue weighted by molar-refractivity contribution is -0.114. The predicted molar refractivity (Wildman–Crippen MR) is 80.6 cm³/mol. The maximum absolute atomic E-state index is 12.5. The van der Waals surface area contributed by atoms with E-state index >= 15 is 0 Å². The van der Waals surface area contributed by atoms with Crippen molar-refractivity contribution in [2.45, 2.75) is 57.9 Å². The Kier molecular flexibility index (Phi) is 2.39. The molecule has 5 heteroatoms. The summed E-state index contributed by atoms with van der Waals surface area (Å²) < 4.78 is 0. The first-order valence-electron chi connectivity index (χ1n) is 7.92. The molecule has 1 aromatic rings. The van der Waals surface area contributed by atoms with Crippen molar-refractivity contribution in [3.8, 4) is 0 Å². The summed E-state index contributed by atoms with van der Waals surface area (Å²) in [5.74, 6) is 1.07. The number of nitrogens with zero attached hydrogens (tertiary/aromatic N) is 1. The van der Waals surface area contributed by atoms with Crippen LogP contribution in [0.2, 0.25) is 0 Å². The molecule has 1 aromatic heterocycles. The maximum Gasteiger partial charge on any atom is 0.269 e. The summed E-state index contributed by atoms with van der Waals surface area (Å²) >= 11 is 0. The fourth-order valence-electron chi connectivity index (χ4n) is 6.35. The Morgan fingerprint density at radius 2 is 1.95 bits per heavy atom. The Labute approximate surface area is 125 Å². The number of rotatable bonds is 2. The van der Waals surface area contributed by atoms with Crippen molar-refractivity contribution in [3.63, 3.8) is 0 Å². The Bertz CT molecular complexity index is 589. The Morgan fingerprint density at radius 3 is 2.48 bits per heavy atom. The largest absolute Gasteiger partial charge is 0.382 e. The molecule has 4 saturated carbocycles. The highest BCUT2D eigenvalue weighted by molar-refractivity contribution is 5.93. The molecule has 0 spiro atoms. The van der Waals surface area contributed by atoms with E-state index in [4.69, 9.17) is 5.73 Å². The van der Waals surface area contributed by atoms with Gasteiger partial charge in [-0.05, 0) is 55.3 Å². The third-order valence-corrected chi connectivity index (χ3v) is 5.85. The van der Waals surface area contributed by atoms with Crippen molar-refractivity contribution in [2.75, 3.05) is 5.73 Å². The molecule has 2 unspecified atom stereocenters. The Hall–Kier alpha value is -1.52. The fourth-order valence-corrected chi connectivity index (χ4v) is 6.35. The van der Waals surface area contributed by atoms with Gasteiger partial charge in [-0.2, -0.15) is 5.10 Å². The van der Waals surface area contributed by atoms with Crippen molar-refractivity contribution >= 4 is 11.7 Å². The first kappa shape index (κ1) is 13.2. The van der Waals surface area contributed by atoms with Crippen LogP contribution in [0.3, 0.4) is 0 Å². The average Bonchev–Trinajstić information content (AvgIpc) is 2.70. The van der Waals surface area contributed by atoms with E-state index in [2.05, 4.69) is 29.4 Å². The van der Waals surface area contributed by atoms with Crippen molar-refractivity contribution in [2.24, 2.45) is 16.7 Å². The van der Waals surface area contributed by atoms with Gasteiger partial charge in [-0.1, -0.05) is 13.8 Å². The molecule has 21 heavy (non-hydrogen) atoms. The minimum absolute atomic E-state index is 0.0279. The Balaban J connectivity index is 1.61. The number of hydrogen-bond donors (Lipinski definition) is 3. The van der Waals surface area contributed by atoms with Crippen LogP contribution in [-0.4, -0.2) is 21.6 Å². The van der Waals surface area contributed by atoms with E-state index in [-0.39, 0.29) is 11.4 Å². The fraction of sp³-hybridized carbons (Fsp3) is 0.750. The zero-order valence-electron chi connectivity index (χ0n) is 12.8. The highest BCUT2D eigenvalue weighted by Crippen LogP contribution is 2.66. The van der Waals surface area contributed by atoms with E-state index < -0.39 is 0 Å². The molecule has 114 valence electrons. The lowest BCUT2D eigenvalue weighted by Crippen LogP contribution is -2.65. The number of nitrogens with one attached hydrogen (secondary N) is 2. The minimum Gasteiger partial charge on any atom is -0.382 e. The van der Waals surface area contributed by atoms with Gasteiger partial charge in [-0.3, -0.25) is 9.89 Å². The van der Waals surface area contributed by atoms with Gasteiger partial charge in [0.15, 0.2) is 0 Å². The summed E-state index contributed by atoms with van der Waals surface area (Å²) in [6.07, 6.45) is 7.33. The highest BCUT2D eigenvalue weighted by Gasteiger charge is 2.60. The van der Waals surface area contributed by atoms with Gasteiger partial charge in [0.25, 0.3) is 5.91 Å². The first-order valence-corrected chi connectivity index (χ1v) is 7.92. The van der Waals surface area contributed by atoms with Crippen molar-refractivity contribution in [3.05, 3.63) is 11.8 Å². The van der Waals surface area contributed by atoms with Crippen LogP contribution >= 0.6 is 0 Å². The topological polar surface area (TPSA) is 83.8 Å². The maximum atomic E-state index is 12.5. The van der Waals surface area contributed by atoms with Crippen molar-refractivity contribution in [1.82, 2.24) is 15.5 Å². The van der Waals surface area contributed by atoms with Crippen molar-refractivity contribution in [1.29, 1.82) is 0 Å². The standard InChI is InChI=1S/C16H24N4O/c1-14-4-10-5-15(2,7-14)9-16(6-10,8-14)18-13(21)11-3-12(17)20-19-11/h3,10H,4-9H2,1-2H3,(H,18,21)(H3,17,19,20). The van der Waals surface area contributed by atoms with Crippen LogP contribution in [-0.2, 0) is 0 Å². The SMILES string of the molecule is CC12CC3CC(C)(C1)CC(NC(=O)c1cc(N)n[nH]1)(C3)C2. The highest BCUT2D eigenvalue weighted by atomic mass is 16.2. The molecule has 0 radical (unpaired) electrons. The molecule has 4 bridgehead atoms. The van der Waals surface area contributed by atoms with Crippen LogP contribution in [0.4, 0.5) is 5.82 Å². The minimum atomic E-state index is -0.0617. The van der Waals surface area contributed by atoms with Gasteiger partial charge in [0.2, 0.25) is 0 Å². The van der Waals surface area contributed by atoms with Crippen LogP contribution in [0.1, 0.15) is 62.9 Å². The third kappa shape index (κ3) is 2.05. The number of carbonyl (C=O) groups excluding carboxylic acids is 1. The summed E-state index contributed by atoms with van der Waals surface area (Å²) in [6, 6.07) is 1.61. The van der Waals surface area contributed by atoms with E-state index in [1.165, 1.54) is 19.3 Å². The number of nitrogen functional groups attached to an aromatic ring is 1. The number of hydrogen-bond acceptors (Lipinski definition) is 3. The number of H-pyrrole nitrogens is 1. The molecule has 4 N–H and O–H groups in total. The zero-order chi connectivity index (χ0) is 14.9. The van der Waals surface area contributed by atoms with Crippen LogP contribution in [0.25, 0.3) is 0 Å². The smallest absolute Gasteiger partial charge is 0.269 e. The van der Waals surface area contributed by atoms with Crippen LogP contribution in [0.5, 0.6) is 0 Å². The lowest BCUT2D eigenvalue weighted by Gasteiger charge is -2.65. The first-order chi connectivity index (χ1) is 9.79. The van der Waals surface area contributed by atoms with Gasteiger partial charge in [-0.25, -0.2) is 0 Å². The summed E-state index contributed by atoms with van der Waals surface area (Å²) in [5, 5.41) is 9.91. The van der Waals surface area contributed by atoms with E-state index in [0.717, 1.165) is 25.2 Å². The summed E-state index contributed by atoms with van der Waals surface area (Å²) in [4.78, 5) is 12.5. The van der Waals surface area contributed by atoms with Crippen LogP contribution in [0, 0.1) is 16.7 Å². The molecule has 0 aliphatic heterocycles. The van der Waals surface area contributed by atoms with Crippen LogP contribution in [0.15, 0.2) is 6.07 Å². The zero-order valence-corrected chi connectivity index (χ0v) is 12.8. The lowest BCUT2D eigenvalue weighted by atomic mass is 9.43. The molecule has 5 rings (SSSR count). The van der Waals surface area contributed by atoms with E-state index in [9.17, 15) is 4.79 Å². The molecule has 4 aliphatic rings. The molecule has 4 fully saturated rings. The number of anilines is 1. The van der Waals surface area contributed by atoms with Crippen molar-refractivity contribution < 1.29 is 4.79 Å². The predicted octanol–water partition coefficient (Wildman–Crippen LogP) is 2.47. The molecule has 0 saturated heterocycles. The van der Waals surface area contributed by atoms with Gasteiger partial charge in [0.05, 0.1) is 0 Å². The van der Waals surface area contributed by atoms with Gasteiger partial charge in [-0.15, -0.1) is 0 Å². The molecule has 2 atom stereocenters. The number of aromatic amines is 1. The van der Waals surface area contributed by atoms with E-state index in [0.29, 0.717) is 22.3 Å². The molecule has 5 nitrogen and oxygen atoms in total. The summed E-state index contributed by atoms with van der Waals surface area (Å²) in [5.41, 5.74) is 6.83. The molecular formula is C16H24N4O.